The fraction of sp³-hybridized carbons (Fsp3) is 0.464. The highest BCUT2D eigenvalue weighted by Crippen LogP contribution is 2.24. The molecule has 2 atom stereocenters. The molecular weight excluding hydrogens is 519 g/mol. The fourth-order valence-corrected chi connectivity index (χ4v) is 4.49. The van der Waals surface area contributed by atoms with Gasteiger partial charge in [-0.15, -0.1) is 10.2 Å². The van der Waals surface area contributed by atoms with Crippen LogP contribution in [0.2, 0.25) is 0 Å². The van der Waals surface area contributed by atoms with E-state index in [4.69, 9.17) is 14.2 Å². The average Bonchev–Trinajstić information content (AvgIpc) is 3.67. The van der Waals surface area contributed by atoms with Gasteiger partial charge in [-0.25, -0.2) is 4.39 Å². The molecule has 2 aromatic carbocycles. The molecule has 0 saturated carbocycles. The van der Waals surface area contributed by atoms with Gasteiger partial charge in [0.2, 0.25) is 17.6 Å². The van der Waals surface area contributed by atoms with Crippen LogP contribution in [0.4, 0.5) is 4.39 Å². The molecule has 0 radical (unpaired) electrons. The molecule has 1 N–H and O–H groups in total. The summed E-state index contributed by atoms with van der Waals surface area (Å²) in [7, 11) is 1.58. The molecule has 3 aromatic rings. The molecule has 0 spiro atoms. The molecule has 1 saturated heterocycles. The first-order valence-electron chi connectivity index (χ1n) is 13.4. The monoisotopic (exact) mass is 554 g/mol. The lowest BCUT2D eigenvalue weighted by molar-refractivity contribution is -0.142. The van der Waals surface area contributed by atoms with E-state index in [1.54, 1.807) is 31.4 Å². The maximum atomic E-state index is 13.8. The molecule has 0 bridgehead atoms. The normalized spacial score (nSPS) is 15.5. The lowest BCUT2D eigenvalue weighted by atomic mass is 10.0. The third-order valence-corrected chi connectivity index (χ3v) is 6.56. The number of hydrogen-bond acceptors (Lipinski definition) is 8. The third kappa shape index (κ3) is 7.82. The topological polar surface area (TPSA) is 121 Å². The van der Waals surface area contributed by atoms with Crippen LogP contribution in [0.5, 0.6) is 5.75 Å². The molecule has 1 fully saturated rings. The van der Waals surface area contributed by atoms with E-state index in [-0.39, 0.29) is 25.1 Å². The van der Waals surface area contributed by atoms with Crippen LogP contribution in [0.25, 0.3) is 11.4 Å². The van der Waals surface area contributed by atoms with Crippen molar-refractivity contribution in [2.75, 3.05) is 40.0 Å². The fourth-order valence-electron chi connectivity index (χ4n) is 4.49. The number of benzene rings is 2. The number of nitrogens with one attached hydrogen (secondary N) is 1. The maximum Gasteiger partial charge on any atom is 0.247 e. The van der Waals surface area contributed by atoms with Crippen molar-refractivity contribution in [2.45, 2.75) is 44.9 Å². The number of carbonyl (C=O) groups excluding carboxylic acids is 2. The minimum Gasteiger partial charge on any atom is -0.497 e. The smallest absolute Gasteiger partial charge is 0.247 e. The van der Waals surface area contributed by atoms with Crippen LogP contribution in [0.15, 0.2) is 48.5 Å². The summed E-state index contributed by atoms with van der Waals surface area (Å²) in [5.74, 6) is -0.162. The molecule has 12 heteroatoms. The Kier molecular flexibility index (Phi) is 10.5. The first kappa shape index (κ1) is 29.1. The van der Waals surface area contributed by atoms with Gasteiger partial charge >= 0.3 is 0 Å². The van der Waals surface area contributed by atoms with Gasteiger partial charge in [0.1, 0.15) is 24.2 Å². The van der Waals surface area contributed by atoms with Crippen molar-refractivity contribution in [3.63, 3.8) is 0 Å². The Bertz CT molecular complexity index is 1230. The summed E-state index contributed by atoms with van der Waals surface area (Å²) in [6, 6.07) is 11.7. The molecule has 0 aliphatic carbocycles. The van der Waals surface area contributed by atoms with Gasteiger partial charge < -0.3 is 24.4 Å². The highest BCUT2D eigenvalue weighted by Gasteiger charge is 2.32. The summed E-state index contributed by atoms with van der Waals surface area (Å²) in [5.41, 5.74) is 1.20. The van der Waals surface area contributed by atoms with Crippen molar-refractivity contribution in [3.05, 3.63) is 59.9 Å². The first-order valence-corrected chi connectivity index (χ1v) is 13.4. The number of ether oxygens (including phenoxy) is 3. The van der Waals surface area contributed by atoms with Gasteiger partial charge in [0.25, 0.3) is 0 Å². The Morgan fingerprint density at radius 2 is 1.98 bits per heavy atom. The third-order valence-electron chi connectivity index (χ3n) is 6.56. The van der Waals surface area contributed by atoms with Crippen LogP contribution in [0, 0.1) is 5.82 Å². The number of halogens is 1. The quantitative estimate of drug-likeness (QED) is 0.302. The van der Waals surface area contributed by atoms with E-state index in [1.807, 2.05) is 6.92 Å². The van der Waals surface area contributed by atoms with Crippen molar-refractivity contribution in [1.29, 1.82) is 0 Å². The Balaban J connectivity index is 1.55. The zero-order valence-electron chi connectivity index (χ0n) is 22.8. The van der Waals surface area contributed by atoms with E-state index in [1.165, 1.54) is 34.0 Å². The van der Waals surface area contributed by atoms with Gasteiger partial charge in [-0.3, -0.25) is 9.59 Å². The van der Waals surface area contributed by atoms with Gasteiger partial charge in [0, 0.05) is 38.5 Å². The predicted molar refractivity (Wildman–Crippen MR) is 144 cm³/mol. The molecule has 1 aliphatic heterocycles. The van der Waals surface area contributed by atoms with Crippen LogP contribution in [-0.4, -0.2) is 83.0 Å². The first-order chi connectivity index (χ1) is 19.5. The van der Waals surface area contributed by atoms with E-state index in [2.05, 4.69) is 20.7 Å². The van der Waals surface area contributed by atoms with Gasteiger partial charge in [-0.2, -0.15) is 4.80 Å². The second-order valence-corrected chi connectivity index (χ2v) is 9.34. The zero-order valence-corrected chi connectivity index (χ0v) is 22.8. The number of rotatable bonds is 14. The molecule has 2 amide bonds. The van der Waals surface area contributed by atoms with Crippen LogP contribution in [0.3, 0.4) is 0 Å². The Morgan fingerprint density at radius 3 is 2.65 bits per heavy atom. The largest absolute Gasteiger partial charge is 0.497 e. The molecule has 11 nitrogen and oxygen atoms in total. The van der Waals surface area contributed by atoms with Crippen LogP contribution < -0.4 is 10.1 Å². The Labute approximate surface area is 232 Å². The van der Waals surface area contributed by atoms with E-state index in [9.17, 15) is 14.0 Å². The van der Waals surface area contributed by atoms with Gasteiger partial charge in [0.15, 0.2) is 0 Å². The zero-order chi connectivity index (χ0) is 28.3. The van der Waals surface area contributed by atoms with Gasteiger partial charge in [0.05, 0.1) is 13.2 Å². The van der Waals surface area contributed by atoms with Crippen LogP contribution in [0.1, 0.15) is 37.8 Å². The van der Waals surface area contributed by atoms with Gasteiger partial charge in [-0.1, -0.05) is 12.1 Å². The second kappa shape index (κ2) is 14.5. The number of tetrazole rings is 1. The number of amides is 2. The molecular formula is C28H35FN6O5. The summed E-state index contributed by atoms with van der Waals surface area (Å²) >= 11 is 0. The molecule has 1 aliphatic rings. The highest BCUT2D eigenvalue weighted by molar-refractivity contribution is 5.88. The number of aromatic nitrogens is 4. The number of nitrogens with zero attached hydrogens (tertiary/aromatic N) is 5. The van der Waals surface area contributed by atoms with Gasteiger partial charge in [-0.05, 0) is 73.4 Å². The SMILES string of the molecule is CCOCCCN(C(=O)Cn1nnc(-c2ccc(OC)cc2)n1)[C@@H](C(=O)NC[C@@H]1CCCO1)c1ccc(F)cc1. The molecule has 2 heterocycles. The van der Waals surface area contributed by atoms with Crippen LogP contribution >= 0.6 is 0 Å². The molecule has 0 unspecified atom stereocenters. The lowest BCUT2D eigenvalue weighted by Gasteiger charge is -2.31. The van der Waals surface area contributed by atoms with Crippen LogP contribution in [-0.2, 0) is 25.6 Å². The Hall–Kier alpha value is -3.90. The van der Waals surface area contributed by atoms with Crippen molar-refractivity contribution >= 4 is 11.8 Å². The Morgan fingerprint density at radius 1 is 1.20 bits per heavy atom. The summed E-state index contributed by atoms with van der Waals surface area (Å²) < 4.78 is 30.1. The highest BCUT2D eigenvalue weighted by atomic mass is 19.1. The maximum absolute atomic E-state index is 13.8. The summed E-state index contributed by atoms with van der Waals surface area (Å²) in [5, 5.41) is 15.4. The van der Waals surface area contributed by atoms with Crippen molar-refractivity contribution in [3.8, 4) is 17.1 Å². The average molecular weight is 555 g/mol. The molecule has 4 rings (SSSR count). The molecule has 1 aromatic heterocycles. The summed E-state index contributed by atoms with van der Waals surface area (Å²) in [6.07, 6.45) is 2.22. The number of hydrogen-bond donors (Lipinski definition) is 1. The van der Waals surface area contributed by atoms with Crippen molar-refractivity contribution < 1.29 is 28.2 Å². The van der Waals surface area contributed by atoms with Crippen molar-refractivity contribution in [2.24, 2.45) is 0 Å². The standard InChI is InChI=1S/C28H35FN6O5/c1-3-39-16-5-15-34(25(36)19-35-32-27(31-33-35)21-9-13-23(38-2)14-10-21)26(20-7-11-22(29)12-8-20)28(37)30-18-24-6-4-17-40-24/h7-14,24,26H,3-6,15-19H2,1-2H3,(H,30,37)/t24-,26+/m0/s1. The second-order valence-electron chi connectivity index (χ2n) is 9.34. The van der Waals surface area contributed by atoms with Crippen molar-refractivity contribution in [1.82, 2.24) is 30.4 Å². The number of methoxy groups -OCH3 is 1. The molecule has 40 heavy (non-hydrogen) atoms. The minimum absolute atomic E-state index is 0.0735. The molecule has 214 valence electrons. The van der Waals surface area contributed by atoms with E-state index in [0.717, 1.165) is 12.8 Å². The summed E-state index contributed by atoms with van der Waals surface area (Å²) in [4.78, 5) is 29.9. The summed E-state index contributed by atoms with van der Waals surface area (Å²) in [6.45, 7) is 3.81. The lowest BCUT2D eigenvalue weighted by Crippen LogP contribution is -2.47. The minimum atomic E-state index is -0.999. The van der Waals surface area contributed by atoms with E-state index in [0.29, 0.717) is 55.5 Å². The predicted octanol–water partition coefficient (Wildman–Crippen LogP) is 2.78. The van der Waals surface area contributed by atoms with E-state index >= 15 is 0 Å². The van der Waals surface area contributed by atoms with E-state index < -0.39 is 17.8 Å². The number of carbonyl (C=O) groups is 2.